The lowest BCUT2D eigenvalue weighted by atomic mass is 10.3. The van der Waals surface area contributed by atoms with Gasteiger partial charge in [-0.25, -0.2) is 4.79 Å². The molecule has 0 spiro atoms. The molecule has 0 radical (unpaired) electrons. The fraction of sp³-hybridized carbons (Fsp3) is 0.182. The molecular formula is C11H10ClNO2S2. The minimum absolute atomic E-state index is 0.353. The molecule has 0 atom stereocenters. The summed E-state index contributed by atoms with van der Waals surface area (Å²) in [5, 5.41) is 13.7. The first kappa shape index (κ1) is 12.6. The van der Waals surface area contributed by atoms with Crippen molar-refractivity contribution in [2.45, 2.75) is 13.1 Å². The van der Waals surface area contributed by atoms with Crippen molar-refractivity contribution in [1.29, 1.82) is 0 Å². The lowest BCUT2D eigenvalue weighted by molar-refractivity contribution is 0.0697. The molecule has 0 aliphatic rings. The summed E-state index contributed by atoms with van der Waals surface area (Å²) in [5.41, 5.74) is 0.353. The average molecular weight is 288 g/mol. The highest BCUT2D eigenvalue weighted by molar-refractivity contribution is 7.16. The van der Waals surface area contributed by atoms with Crippen molar-refractivity contribution >= 4 is 40.2 Å². The monoisotopic (exact) mass is 287 g/mol. The van der Waals surface area contributed by atoms with E-state index in [0.717, 1.165) is 15.8 Å². The predicted molar refractivity (Wildman–Crippen MR) is 71.2 cm³/mol. The zero-order valence-electron chi connectivity index (χ0n) is 8.77. The standard InChI is InChI=1S/C11H10ClNO2S2/c12-10-2-1-8(17-10)4-13-5-9-3-7(6-16-9)11(14)15/h1-3,6,13H,4-5H2,(H,14,15). The highest BCUT2D eigenvalue weighted by atomic mass is 35.5. The van der Waals surface area contributed by atoms with Gasteiger partial charge >= 0.3 is 5.97 Å². The summed E-state index contributed by atoms with van der Waals surface area (Å²) < 4.78 is 0.783. The van der Waals surface area contributed by atoms with Gasteiger partial charge in [0, 0.05) is 28.2 Å². The van der Waals surface area contributed by atoms with Crippen LogP contribution < -0.4 is 5.32 Å². The third-order valence-electron chi connectivity index (χ3n) is 2.13. The largest absolute Gasteiger partial charge is 0.478 e. The highest BCUT2D eigenvalue weighted by Crippen LogP contribution is 2.21. The molecule has 3 nitrogen and oxygen atoms in total. The van der Waals surface area contributed by atoms with Crippen LogP contribution in [0.1, 0.15) is 20.1 Å². The number of carboxylic acid groups (broad SMARTS) is 1. The lowest BCUT2D eigenvalue weighted by Gasteiger charge is -1.99. The molecule has 17 heavy (non-hydrogen) atoms. The van der Waals surface area contributed by atoms with Crippen LogP contribution >= 0.6 is 34.3 Å². The molecule has 0 bridgehead atoms. The maximum Gasteiger partial charge on any atom is 0.336 e. The molecule has 0 amide bonds. The summed E-state index contributed by atoms with van der Waals surface area (Å²) in [7, 11) is 0. The Morgan fingerprint density at radius 1 is 1.35 bits per heavy atom. The van der Waals surface area contributed by atoms with Crippen molar-refractivity contribution in [3.63, 3.8) is 0 Å². The van der Waals surface area contributed by atoms with Crippen molar-refractivity contribution in [2.75, 3.05) is 0 Å². The summed E-state index contributed by atoms with van der Waals surface area (Å²) in [4.78, 5) is 12.9. The van der Waals surface area contributed by atoms with Crippen LogP contribution in [0.25, 0.3) is 0 Å². The van der Waals surface area contributed by atoms with E-state index in [-0.39, 0.29) is 0 Å². The minimum Gasteiger partial charge on any atom is -0.478 e. The average Bonchev–Trinajstić information content (AvgIpc) is 2.88. The van der Waals surface area contributed by atoms with Gasteiger partial charge in [0.15, 0.2) is 0 Å². The van der Waals surface area contributed by atoms with Gasteiger partial charge in [0.05, 0.1) is 9.90 Å². The van der Waals surface area contributed by atoms with Gasteiger partial charge in [-0.05, 0) is 18.2 Å². The number of hydrogen-bond acceptors (Lipinski definition) is 4. The number of halogens is 1. The van der Waals surface area contributed by atoms with Gasteiger partial charge in [-0.1, -0.05) is 11.6 Å². The van der Waals surface area contributed by atoms with Crippen molar-refractivity contribution in [3.8, 4) is 0 Å². The van der Waals surface area contributed by atoms with Crippen molar-refractivity contribution in [3.05, 3.63) is 43.2 Å². The van der Waals surface area contributed by atoms with Crippen LogP contribution in [0.3, 0.4) is 0 Å². The number of rotatable bonds is 5. The molecule has 6 heteroatoms. The van der Waals surface area contributed by atoms with E-state index < -0.39 is 5.97 Å². The van der Waals surface area contributed by atoms with E-state index >= 15 is 0 Å². The molecule has 0 saturated heterocycles. The fourth-order valence-corrected chi connectivity index (χ4v) is 3.23. The van der Waals surface area contributed by atoms with E-state index in [1.54, 1.807) is 22.8 Å². The number of carboxylic acids is 1. The quantitative estimate of drug-likeness (QED) is 0.885. The topological polar surface area (TPSA) is 49.3 Å². The molecular weight excluding hydrogens is 278 g/mol. The van der Waals surface area contributed by atoms with Gasteiger partial charge in [0.2, 0.25) is 0 Å². The highest BCUT2D eigenvalue weighted by Gasteiger charge is 2.06. The molecule has 0 aliphatic heterocycles. The fourth-order valence-electron chi connectivity index (χ4n) is 1.34. The first-order valence-electron chi connectivity index (χ1n) is 4.91. The van der Waals surface area contributed by atoms with Gasteiger partial charge in [-0.3, -0.25) is 0 Å². The van der Waals surface area contributed by atoms with Crippen molar-refractivity contribution < 1.29 is 9.90 Å². The van der Waals surface area contributed by atoms with Crippen molar-refractivity contribution in [1.82, 2.24) is 5.32 Å². The molecule has 2 heterocycles. The zero-order valence-corrected chi connectivity index (χ0v) is 11.2. The number of carbonyl (C=O) groups is 1. The number of thiophene rings is 2. The van der Waals surface area contributed by atoms with E-state index in [0.29, 0.717) is 12.1 Å². The normalized spacial score (nSPS) is 10.6. The van der Waals surface area contributed by atoms with E-state index in [9.17, 15) is 4.79 Å². The van der Waals surface area contributed by atoms with Crippen molar-refractivity contribution in [2.24, 2.45) is 0 Å². The van der Waals surface area contributed by atoms with Crippen LogP contribution in [-0.4, -0.2) is 11.1 Å². The molecule has 0 aromatic carbocycles. The van der Waals surface area contributed by atoms with Gasteiger partial charge in [0.1, 0.15) is 0 Å². The molecule has 0 fully saturated rings. The van der Waals surface area contributed by atoms with Crippen LogP contribution in [0.15, 0.2) is 23.6 Å². The molecule has 2 aromatic heterocycles. The number of aromatic carboxylic acids is 1. The molecule has 90 valence electrons. The first-order chi connectivity index (χ1) is 8.15. The SMILES string of the molecule is O=C(O)c1csc(CNCc2ccc(Cl)s2)c1. The predicted octanol–water partition coefficient (Wildman–Crippen LogP) is 3.45. The molecule has 0 aliphatic carbocycles. The third kappa shape index (κ3) is 3.54. The molecule has 0 saturated carbocycles. The Morgan fingerprint density at radius 3 is 2.71 bits per heavy atom. The van der Waals surface area contributed by atoms with Gasteiger partial charge in [-0.2, -0.15) is 0 Å². The smallest absolute Gasteiger partial charge is 0.336 e. The number of hydrogen-bond donors (Lipinski definition) is 2. The first-order valence-corrected chi connectivity index (χ1v) is 6.98. The van der Waals surface area contributed by atoms with E-state index in [1.165, 1.54) is 16.2 Å². The lowest BCUT2D eigenvalue weighted by Crippen LogP contribution is -2.10. The Kier molecular flexibility index (Phi) is 4.17. The Labute approximate surface area is 112 Å². The molecule has 2 N–H and O–H groups in total. The molecule has 2 rings (SSSR count). The minimum atomic E-state index is -0.877. The van der Waals surface area contributed by atoms with Crippen LogP contribution in [-0.2, 0) is 13.1 Å². The Hall–Kier alpha value is -0.880. The summed E-state index contributed by atoms with van der Waals surface area (Å²) in [5.74, 6) is -0.877. The molecule has 0 unspecified atom stereocenters. The summed E-state index contributed by atoms with van der Waals surface area (Å²) in [6, 6.07) is 5.55. The Morgan fingerprint density at radius 2 is 2.12 bits per heavy atom. The van der Waals surface area contributed by atoms with E-state index in [1.807, 2.05) is 12.1 Å². The van der Waals surface area contributed by atoms with E-state index in [2.05, 4.69) is 5.32 Å². The zero-order chi connectivity index (χ0) is 12.3. The van der Waals surface area contributed by atoms with Crippen LogP contribution in [0.4, 0.5) is 0 Å². The van der Waals surface area contributed by atoms with Gasteiger partial charge in [0.25, 0.3) is 0 Å². The Balaban J connectivity index is 1.83. The maximum absolute atomic E-state index is 10.7. The van der Waals surface area contributed by atoms with Crippen LogP contribution in [0.5, 0.6) is 0 Å². The second-order valence-corrected chi connectivity index (χ2v) is 6.21. The van der Waals surface area contributed by atoms with Gasteiger partial charge < -0.3 is 10.4 Å². The second-order valence-electron chi connectivity index (χ2n) is 3.42. The van der Waals surface area contributed by atoms with Crippen LogP contribution in [0.2, 0.25) is 4.34 Å². The third-order valence-corrected chi connectivity index (χ3v) is 4.30. The Bertz CT molecular complexity index is 521. The summed E-state index contributed by atoms with van der Waals surface area (Å²) in [6.07, 6.45) is 0. The maximum atomic E-state index is 10.7. The summed E-state index contributed by atoms with van der Waals surface area (Å²) >= 11 is 8.82. The van der Waals surface area contributed by atoms with Gasteiger partial charge in [-0.15, -0.1) is 22.7 Å². The second kappa shape index (κ2) is 5.64. The molecule has 2 aromatic rings. The number of nitrogens with one attached hydrogen (secondary N) is 1. The van der Waals surface area contributed by atoms with Crippen LogP contribution in [0, 0.1) is 0 Å². The van der Waals surface area contributed by atoms with E-state index in [4.69, 9.17) is 16.7 Å². The summed E-state index contributed by atoms with van der Waals surface area (Å²) in [6.45, 7) is 1.42.